The molecule has 9 nitrogen and oxygen atoms in total. The summed E-state index contributed by atoms with van der Waals surface area (Å²) < 4.78 is 31.1. The fraction of sp³-hybridized carbons (Fsp3) is 0.400. The van der Waals surface area contributed by atoms with Crippen molar-refractivity contribution in [3.63, 3.8) is 0 Å². The van der Waals surface area contributed by atoms with Gasteiger partial charge in [0.1, 0.15) is 11.4 Å². The molecule has 4 rings (SSSR count). The van der Waals surface area contributed by atoms with Crippen molar-refractivity contribution in [2.45, 2.75) is 26.1 Å². The van der Waals surface area contributed by atoms with Crippen molar-refractivity contribution in [1.82, 2.24) is 14.9 Å². The van der Waals surface area contributed by atoms with E-state index in [2.05, 4.69) is 36.4 Å². The van der Waals surface area contributed by atoms with Crippen LogP contribution in [-0.4, -0.2) is 53.8 Å². The lowest BCUT2D eigenvalue weighted by Crippen LogP contribution is -2.49. The van der Waals surface area contributed by atoms with E-state index in [9.17, 15) is 27.6 Å². The van der Waals surface area contributed by atoms with Crippen LogP contribution in [0.2, 0.25) is 0 Å². The van der Waals surface area contributed by atoms with Gasteiger partial charge in [-0.1, -0.05) is 0 Å². The number of alkyl halides is 3. The first kappa shape index (κ1) is 24.6. The van der Waals surface area contributed by atoms with Gasteiger partial charge >= 0.3 is 12.7 Å². The highest BCUT2D eigenvalue weighted by molar-refractivity contribution is 9.10. The molecule has 1 atom stereocenters. The molecule has 3 amide bonds. The minimum atomic E-state index is -3.67. The van der Waals surface area contributed by atoms with Crippen molar-refractivity contribution in [3.8, 4) is 0 Å². The Kier molecular flexibility index (Phi) is 7.61. The molecule has 4 heterocycles. The Hall–Kier alpha value is -3.09. The van der Waals surface area contributed by atoms with E-state index in [1.165, 1.54) is 4.57 Å². The van der Waals surface area contributed by atoms with E-state index in [0.29, 0.717) is 23.4 Å². The van der Waals surface area contributed by atoms with E-state index in [1.807, 2.05) is 13.0 Å². The first-order valence-electron chi connectivity index (χ1n) is 10.0. The highest BCUT2D eigenvalue weighted by Crippen LogP contribution is 2.39. The lowest BCUT2D eigenvalue weighted by Gasteiger charge is -2.35. The summed E-state index contributed by atoms with van der Waals surface area (Å²) in [5.74, 6) is 0.149. The maximum Gasteiger partial charge on any atom is 0.379 e. The quantitative estimate of drug-likeness (QED) is 0.635. The summed E-state index contributed by atoms with van der Waals surface area (Å²) >= 11 is 3.34. The third-order valence-corrected chi connectivity index (χ3v) is 5.57. The Morgan fingerprint density at radius 1 is 1.30 bits per heavy atom. The summed E-state index contributed by atoms with van der Waals surface area (Å²) in [6, 6.07) is 4.56. The molecule has 33 heavy (non-hydrogen) atoms. The second-order valence-electron chi connectivity index (χ2n) is 7.32. The maximum absolute atomic E-state index is 13.2. The fourth-order valence-corrected chi connectivity index (χ4v) is 4.32. The topological polar surface area (TPSA) is 99.6 Å². The number of halogens is 4. The van der Waals surface area contributed by atoms with Crippen LogP contribution in [0.3, 0.4) is 0 Å². The molecular formula is C20H22BrF3N6O3. The van der Waals surface area contributed by atoms with E-state index in [1.54, 1.807) is 30.3 Å². The number of nitrogens with one attached hydrogen (secondary N) is 2. The number of aromatic nitrogens is 2. The van der Waals surface area contributed by atoms with Gasteiger partial charge in [-0.3, -0.25) is 14.5 Å². The number of amides is 3. The van der Waals surface area contributed by atoms with Crippen molar-refractivity contribution >= 4 is 45.1 Å². The van der Waals surface area contributed by atoms with Crippen molar-refractivity contribution in [2.75, 3.05) is 34.8 Å². The number of urea groups is 1. The van der Waals surface area contributed by atoms with E-state index in [4.69, 9.17) is 0 Å². The highest BCUT2D eigenvalue weighted by Gasteiger charge is 2.40. The first-order valence-corrected chi connectivity index (χ1v) is 10.8. The summed E-state index contributed by atoms with van der Waals surface area (Å²) in [4.78, 5) is 46.1. The van der Waals surface area contributed by atoms with Gasteiger partial charge in [0.15, 0.2) is 5.82 Å². The summed E-state index contributed by atoms with van der Waals surface area (Å²) in [5.41, 5.74) is 0.929. The van der Waals surface area contributed by atoms with Crippen molar-refractivity contribution in [1.29, 1.82) is 0 Å². The normalized spacial score (nSPS) is 16.2. The van der Waals surface area contributed by atoms with Gasteiger partial charge < -0.3 is 20.1 Å². The minimum absolute atomic E-state index is 0.0736. The van der Waals surface area contributed by atoms with Crippen LogP contribution in [-0.2, 0) is 7.05 Å². The maximum atomic E-state index is 13.2. The molecule has 178 valence electrons. The summed E-state index contributed by atoms with van der Waals surface area (Å²) in [6.07, 6.45) is 2.42. The number of rotatable bonds is 3. The van der Waals surface area contributed by atoms with Gasteiger partial charge in [0.2, 0.25) is 0 Å². The Balaban J connectivity index is 0.000000709. The zero-order valence-corrected chi connectivity index (χ0v) is 19.4. The number of anilines is 3. The van der Waals surface area contributed by atoms with Gasteiger partial charge in [-0.25, -0.2) is 9.78 Å². The summed E-state index contributed by atoms with van der Waals surface area (Å²) in [7, 11) is 1.62. The Morgan fingerprint density at radius 3 is 2.67 bits per heavy atom. The van der Waals surface area contributed by atoms with Crippen LogP contribution >= 0.6 is 15.9 Å². The molecule has 0 aromatic carbocycles. The van der Waals surface area contributed by atoms with Crippen LogP contribution in [0.15, 0.2) is 33.7 Å². The fourth-order valence-electron chi connectivity index (χ4n) is 3.78. The number of aryl methyl sites for hydroxylation is 1. The first-order chi connectivity index (χ1) is 15.6. The lowest BCUT2D eigenvalue weighted by molar-refractivity contribution is 0.00818. The molecule has 2 aliphatic rings. The molecule has 0 spiro atoms. The molecule has 13 heteroatoms. The average Bonchev–Trinajstić information content (AvgIpc) is 3.15. The van der Waals surface area contributed by atoms with E-state index in [-0.39, 0.29) is 28.9 Å². The van der Waals surface area contributed by atoms with Crippen molar-refractivity contribution < 1.29 is 22.8 Å². The average molecular weight is 531 g/mol. The predicted octanol–water partition coefficient (Wildman–Crippen LogP) is 3.10. The number of carbonyl (C=O) groups is 2. The number of carbonyl (C=O) groups excluding carboxylic acids is 2. The molecule has 2 aromatic heterocycles. The van der Waals surface area contributed by atoms with Crippen LogP contribution in [0, 0.1) is 0 Å². The standard InChI is InChI=1S/C19H21BrN6O3.CHF3/c1-3-21-17(27)13-4-5-15-16(22-13)26(12-6-7-25(15)10-12)19(29)23-14-8-11(20)9-24(2)18(14)28;2-1(3)4/h4-5,8-9,12H,3,6-7,10H2,1-2H3,(H,21,27)(H,23,29);1H. The zero-order chi connectivity index (χ0) is 24.3. The molecule has 2 bridgehead atoms. The van der Waals surface area contributed by atoms with Gasteiger partial charge in [-0.15, -0.1) is 0 Å². The lowest BCUT2D eigenvalue weighted by atomic mass is 10.1. The van der Waals surface area contributed by atoms with Crippen LogP contribution < -0.4 is 26.0 Å². The zero-order valence-electron chi connectivity index (χ0n) is 17.8. The van der Waals surface area contributed by atoms with Gasteiger partial charge in [-0.05, 0) is 47.5 Å². The SMILES string of the molecule is CCNC(=O)c1ccc2c(n1)N(C(=O)Nc1cc(Br)cn(C)c1=O)C1CCN2C1.FC(F)F. The largest absolute Gasteiger partial charge is 0.379 e. The van der Waals surface area contributed by atoms with E-state index >= 15 is 0 Å². The number of fused-ring (bicyclic) bond motifs is 4. The molecule has 2 aromatic rings. The van der Waals surface area contributed by atoms with Crippen LogP contribution in [0.25, 0.3) is 0 Å². The molecule has 0 radical (unpaired) electrons. The molecule has 1 unspecified atom stereocenters. The predicted molar refractivity (Wildman–Crippen MR) is 121 cm³/mol. The molecule has 1 saturated heterocycles. The summed E-state index contributed by atoms with van der Waals surface area (Å²) in [6.45, 7) is 0.157. The van der Waals surface area contributed by atoms with Crippen LogP contribution in [0.5, 0.6) is 0 Å². The molecule has 2 aliphatic heterocycles. The van der Waals surface area contributed by atoms with E-state index < -0.39 is 12.7 Å². The monoisotopic (exact) mass is 530 g/mol. The van der Waals surface area contributed by atoms with Gasteiger partial charge in [0, 0.05) is 37.4 Å². The Morgan fingerprint density at radius 2 is 2.00 bits per heavy atom. The molecular weight excluding hydrogens is 509 g/mol. The number of hydrogen-bond acceptors (Lipinski definition) is 5. The Labute approximate surface area is 195 Å². The van der Waals surface area contributed by atoms with Crippen LogP contribution in [0.4, 0.5) is 35.2 Å². The Bertz CT molecular complexity index is 1110. The third-order valence-electron chi connectivity index (χ3n) is 5.13. The van der Waals surface area contributed by atoms with Crippen molar-refractivity contribution in [2.24, 2.45) is 7.05 Å². The number of pyridine rings is 2. The molecule has 2 N–H and O–H groups in total. The van der Waals surface area contributed by atoms with Gasteiger partial charge in [0.05, 0.1) is 11.7 Å². The molecule has 0 saturated carbocycles. The van der Waals surface area contributed by atoms with Crippen molar-refractivity contribution in [3.05, 3.63) is 44.9 Å². The smallest absolute Gasteiger partial charge is 0.366 e. The molecule has 1 fully saturated rings. The van der Waals surface area contributed by atoms with E-state index in [0.717, 1.165) is 18.7 Å². The second-order valence-corrected chi connectivity index (χ2v) is 8.24. The highest BCUT2D eigenvalue weighted by atomic mass is 79.9. The third kappa shape index (κ3) is 5.46. The second kappa shape index (κ2) is 10.2. The number of nitrogens with zero attached hydrogens (tertiary/aromatic N) is 4. The van der Waals surface area contributed by atoms with Gasteiger partial charge in [-0.2, -0.15) is 13.2 Å². The number of hydrogen-bond donors (Lipinski definition) is 2. The summed E-state index contributed by atoms with van der Waals surface area (Å²) in [5, 5.41) is 5.45. The molecule has 0 aliphatic carbocycles. The minimum Gasteiger partial charge on any atom is -0.366 e. The van der Waals surface area contributed by atoms with Crippen LogP contribution in [0.1, 0.15) is 23.8 Å². The van der Waals surface area contributed by atoms with Gasteiger partial charge in [0.25, 0.3) is 11.5 Å².